The highest BCUT2D eigenvalue weighted by Gasteiger charge is 2.51. The van der Waals surface area contributed by atoms with E-state index in [1.54, 1.807) is 0 Å². The molecule has 0 unspecified atom stereocenters. The zero-order valence-electron chi connectivity index (χ0n) is 15.9. The predicted octanol–water partition coefficient (Wildman–Crippen LogP) is 6.11. The first-order valence-electron chi connectivity index (χ1n) is 9.29. The van der Waals surface area contributed by atoms with Crippen LogP contribution in [0.1, 0.15) is 38.6 Å². The van der Waals surface area contributed by atoms with Gasteiger partial charge in [-0.05, 0) is 41.7 Å². The SMILES string of the molecule is CC(C)(C)c1ccc(OCc2nc3ccccc3n2C[C@@H]2CC2(Cl)Cl)cc1. The number of halogens is 2. The number of imidazole rings is 1. The van der Waals surface area contributed by atoms with Crippen LogP contribution in [0, 0.1) is 5.92 Å². The Morgan fingerprint density at radius 2 is 1.78 bits per heavy atom. The molecular weight excluding hydrogens is 379 g/mol. The van der Waals surface area contributed by atoms with Gasteiger partial charge in [-0.25, -0.2) is 4.98 Å². The van der Waals surface area contributed by atoms with Crippen LogP contribution in [0.4, 0.5) is 0 Å². The van der Waals surface area contributed by atoms with E-state index in [1.807, 2.05) is 30.3 Å². The lowest BCUT2D eigenvalue weighted by Crippen LogP contribution is -2.11. The van der Waals surface area contributed by atoms with Crippen LogP contribution in [0.15, 0.2) is 48.5 Å². The number of ether oxygens (including phenoxy) is 1. The summed E-state index contributed by atoms with van der Waals surface area (Å²) in [6, 6.07) is 16.4. The number of alkyl halides is 2. The van der Waals surface area contributed by atoms with Crippen LogP contribution < -0.4 is 4.74 Å². The molecule has 1 aliphatic rings. The minimum absolute atomic E-state index is 0.131. The number of rotatable bonds is 5. The van der Waals surface area contributed by atoms with Gasteiger partial charge >= 0.3 is 0 Å². The van der Waals surface area contributed by atoms with Gasteiger partial charge in [0.05, 0.1) is 11.0 Å². The summed E-state index contributed by atoms with van der Waals surface area (Å²) < 4.78 is 7.62. The third-order valence-corrected chi connectivity index (χ3v) is 6.11. The summed E-state index contributed by atoms with van der Waals surface area (Å²) in [7, 11) is 0. The van der Waals surface area contributed by atoms with Crippen LogP contribution >= 0.6 is 23.2 Å². The van der Waals surface area contributed by atoms with Crippen molar-refractivity contribution in [1.82, 2.24) is 9.55 Å². The minimum atomic E-state index is -0.605. The van der Waals surface area contributed by atoms with Crippen molar-refractivity contribution in [3.63, 3.8) is 0 Å². The van der Waals surface area contributed by atoms with Crippen molar-refractivity contribution in [1.29, 1.82) is 0 Å². The average Bonchev–Trinajstić information content (AvgIpc) is 3.07. The highest BCUT2D eigenvalue weighted by atomic mass is 35.5. The van der Waals surface area contributed by atoms with E-state index < -0.39 is 4.33 Å². The Kier molecular flexibility index (Phi) is 4.64. The minimum Gasteiger partial charge on any atom is -0.486 e. The summed E-state index contributed by atoms with van der Waals surface area (Å²) in [6.07, 6.45) is 0.817. The van der Waals surface area contributed by atoms with Crippen molar-refractivity contribution < 1.29 is 4.74 Å². The number of para-hydroxylation sites is 2. The molecule has 1 saturated carbocycles. The Hall–Kier alpha value is -1.71. The molecule has 0 spiro atoms. The van der Waals surface area contributed by atoms with E-state index in [4.69, 9.17) is 32.9 Å². The van der Waals surface area contributed by atoms with Gasteiger partial charge in [0.2, 0.25) is 0 Å². The molecule has 4 rings (SSSR count). The molecule has 0 aliphatic heterocycles. The fourth-order valence-corrected chi connectivity index (χ4v) is 3.84. The van der Waals surface area contributed by atoms with Gasteiger partial charge in [-0.3, -0.25) is 0 Å². The monoisotopic (exact) mass is 402 g/mol. The third-order valence-electron chi connectivity index (χ3n) is 5.18. The Morgan fingerprint density at radius 3 is 2.41 bits per heavy atom. The maximum Gasteiger partial charge on any atom is 0.148 e. The largest absolute Gasteiger partial charge is 0.486 e. The van der Waals surface area contributed by atoms with Gasteiger partial charge < -0.3 is 9.30 Å². The van der Waals surface area contributed by atoms with Gasteiger partial charge in [-0.15, -0.1) is 23.2 Å². The predicted molar refractivity (Wildman–Crippen MR) is 112 cm³/mol. The molecule has 0 N–H and O–H groups in total. The van der Waals surface area contributed by atoms with Crippen LogP contribution in [-0.4, -0.2) is 13.9 Å². The quantitative estimate of drug-likeness (QED) is 0.481. The zero-order valence-corrected chi connectivity index (χ0v) is 17.4. The Morgan fingerprint density at radius 1 is 1.11 bits per heavy atom. The molecular formula is C22H24Cl2N2O. The number of hydrogen-bond acceptors (Lipinski definition) is 2. The third kappa shape index (κ3) is 3.95. The molecule has 1 atom stereocenters. The smallest absolute Gasteiger partial charge is 0.148 e. The highest BCUT2D eigenvalue weighted by Crippen LogP contribution is 2.54. The van der Waals surface area contributed by atoms with Crippen molar-refractivity contribution >= 4 is 34.2 Å². The van der Waals surface area contributed by atoms with Crippen LogP contribution in [0.25, 0.3) is 11.0 Å². The standard InChI is InChI=1S/C22H24Cl2N2O/c1-21(2,3)15-8-10-17(11-9-15)27-14-20-25-18-6-4-5-7-19(18)26(20)13-16-12-22(16,23)24/h4-11,16H,12-14H2,1-3H3/t16-/m0/s1. The first kappa shape index (κ1) is 18.6. The summed E-state index contributed by atoms with van der Waals surface area (Å²) in [4.78, 5) is 4.76. The van der Waals surface area contributed by atoms with E-state index >= 15 is 0 Å². The van der Waals surface area contributed by atoms with Crippen LogP contribution in [0.2, 0.25) is 0 Å². The Bertz CT molecular complexity index is 955. The van der Waals surface area contributed by atoms with Gasteiger partial charge in [-0.1, -0.05) is 45.0 Å². The molecule has 1 aliphatic carbocycles. The Labute approximate surface area is 170 Å². The fraction of sp³-hybridized carbons (Fsp3) is 0.409. The van der Waals surface area contributed by atoms with Crippen molar-refractivity contribution in [3.05, 3.63) is 59.9 Å². The van der Waals surface area contributed by atoms with Crippen molar-refractivity contribution in [2.45, 2.75) is 50.1 Å². The summed E-state index contributed by atoms with van der Waals surface area (Å²) in [5, 5.41) is 0. The summed E-state index contributed by atoms with van der Waals surface area (Å²) in [5.74, 6) is 1.99. The number of nitrogens with zero attached hydrogens (tertiary/aromatic N) is 2. The van der Waals surface area contributed by atoms with Crippen molar-refractivity contribution in [3.8, 4) is 5.75 Å². The number of benzene rings is 2. The Balaban J connectivity index is 1.55. The lowest BCUT2D eigenvalue weighted by molar-refractivity contribution is 0.289. The molecule has 1 aromatic heterocycles. The van der Waals surface area contributed by atoms with E-state index in [9.17, 15) is 0 Å². The maximum absolute atomic E-state index is 6.25. The van der Waals surface area contributed by atoms with Gasteiger partial charge in [-0.2, -0.15) is 0 Å². The maximum atomic E-state index is 6.25. The van der Waals surface area contributed by atoms with E-state index in [2.05, 4.69) is 43.5 Å². The van der Waals surface area contributed by atoms with Crippen LogP contribution in [-0.2, 0) is 18.6 Å². The van der Waals surface area contributed by atoms with Crippen molar-refractivity contribution in [2.24, 2.45) is 5.92 Å². The van der Waals surface area contributed by atoms with E-state index in [0.717, 1.165) is 35.6 Å². The lowest BCUT2D eigenvalue weighted by Gasteiger charge is -2.19. The normalized spacial score (nSPS) is 18.6. The summed E-state index contributed by atoms with van der Waals surface area (Å²) in [5.41, 5.74) is 3.48. The van der Waals surface area contributed by atoms with E-state index in [-0.39, 0.29) is 11.3 Å². The number of fused-ring (bicyclic) bond motifs is 1. The molecule has 142 valence electrons. The highest BCUT2D eigenvalue weighted by molar-refractivity contribution is 6.50. The molecule has 1 fully saturated rings. The number of aromatic nitrogens is 2. The lowest BCUT2D eigenvalue weighted by atomic mass is 9.87. The molecule has 2 aromatic carbocycles. The molecule has 0 radical (unpaired) electrons. The zero-order chi connectivity index (χ0) is 19.2. The number of hydrogen-bond donors (Lipinski definition) is 0. The van der Waals surface area contributed by atoms with E-state index in [0.29, 0.717) is 6.61 Å². The van der Waals surface area contributed by atoms with Crippen LogP contribution in [0.5, 0.6) is 5.75 Å². The van der Waals surface area contributed by atoms with Crippen LogP contribution in [0.3, 0.4) is 0 Å². The van der Waals surface area contributed by atoms with Gasteiger partial charge in [0.1, 0.15) is 22.5 Å². The van der Waals surface area contributed by atoms with Gasteiger partial charge in [0.25, 0.3) is 0 Å². The fourth-order valence-electron chi connectivity index (χ4n) is 3.33. The molecule has 0 amide bonds. The first-order valence-corrected chi connectivity index (χ1v) is 10.0. The average molecular weight is 403 g/mol. The summed E-state index contributed by atoms with van der Waals surface area (Å²) in [6.45, 7) is 7.79. The second-order valence-corrected chi connectivity index (χ2v) is 9.89. The summed E-state index contributed by atoms with van der Waals surface area (Å²) >= 11 is 12.5. The molecule has 3 aromatic rings. The molecule has 5 heteroatoms. The molecule has 1 heterocycles. The first-order chi connectivity index (χ1) is 12.7. The molecule has 27 heavy (non-hydrogen) atoms. The van der Waals surface area contributed by atoms with Crippen molar-refractivity contribution in [2.75, 3.05) is 0 Å². The van der Waals surface area contributed by atoms with E-state index in [1.165, 1.54) is 5.56 Å². The molecule has 0 saturated heterocycles. The molecule has 3 nitrogen and oxygen atoms in total. The molecule has 0 bridgehead atoms. The second kappa shape index (κ2) is 6.72. The van der Waals surface area contributed by atoms with Gasteiger partial charge in [0, 0.05) is 12.5 Å². The van der Waals surface area contributed by atoms with Gasteiger partial charge in [0.15, 0.2) is 0 Å². The second-order valence-electron chi connectivity index (χ2n) is 8.35. The topological polar surface area (TPSA) is 27.1 Å².